The van der Waals surface area contributed by atoms with Crippen molar-refractivity contribution in [3.8, 4) is 5.75 Å². The van der Waals surface area contributed by atoms with E-state index >= 15 is 0 Å². The molecule has 0 aliphatic heterocycles. The Kier molecular flexibility index (Phi) is 6.20. The van der Waals surface area contributed by atoms with Gasteiger partial charge in [-0.15, -0.1) is 0 Å². The highest BCUT2D eigenvalue weighted by Crippen LogP contribution is 2.22. The first-order chi connectivity index (χ1) is 8.52. The molecule has 2 heteroatoms. The van der Waals surface area contributed by atoms with Crippen molar-refractivity contribution in [3.63, 3.8) is 0 Å². The van der Waals surface area contributed by atoms with Crippen molar-refractivity contribution in [1.29, 1.82) is 0 Å². The summed E-state index contributed by atoms with van der Waals surface area (Å²) in [6, 6.07) is 6.40. The van der Waals surface area contributed by atoms with E-state index in [0.717, 1.165) is 25.3 Å². The van der Waals surface area contributed by atoms with Gasteiger partial charge < -0.3 is 10.1 Å². The third-order valence-corrected chi connectivity index (χ3v) is 3.05. The Morgan fingerprint density at radius 3 is 2.50 bits per heavy atom. The van der Waals surface area contributed by atoms with Gasteiger partial charge in [0.05, 0.1) is 7.11 Å². The Morgan fingerprint density at radius 2 is 1.89 bits per heavy atom. The van der Waals surface area contributed by atoms with Crippen molar-refractivity contribution >= 4 is 0 Å². The van der Waals surface area contributed by atoms with Gasteiger partial charge in [-0.25, -0.2) is 0 Å². The van der Waals surface area contributed by atoms with Crippen molar-refractivity contribution in [2.24, 2.45) is 11.8 Å². The predicted molar refractivity (Wildman–Crippen MR) is 78.3 cm³/mol. The van der Waals surface area contributed by atoms with Gasteiger partial charge in [-0.2, -0.15) is 0 Å². The fourth-order valence-corrected chi connectivity index (χ4v) is 2.13. The minimum atomic E-state index is 0.624. The summed E-state index contributed by atoms with van der Waals surface area (Å²) in [5.74, 6) is 2.35. The summed E-state index contributed by atoms with van der Waals surface area (Å²) in [5, 5.41) is 3.52. The van der Waals surface area contributed by atoms with E-state index in [2.05, 4.69) is 51.2 Å². The molecule has 0 saturated carbocycles. The first kappa shape index (κ1) is 15.0. The smallest absolute Gasteiger partial charge is 0.122 e. The Balaban J connectivity index is 2.52. The molecule has 1 atom stereocenters. The number of nitrogens with one attached hydrogen (secondary N) is 1. The summed E-state index contributed by atoms with van der Waals surface area (Å²) < 4.78 is 5.42. The van der Waals surface area contributed by atoms with E-state index in [9.17, 15) is 0 Å². The summed E-state index contributed by atoms with van der Waals surface area (Å²) >= 11 is 0. The number of benzene rings is 1. The summed E-state index contributed by atoms with van der Waals surface area (Å²) in [4.78, 5) is 0. The van der Waals surface area contributed by atoms with Gasteiger partial charge in [0, 0.05) is 0 Å². The number of aryl methyl sites for hydroxylation is 1. The fraction of sp³-hybridized carbons (Fsp3) is 0.625. The van der Waals surface area contributed by atoms with Crippen LogP contribution in [0.15, 0.2) is 18.2 Å². The van der Waals surface area contributed by atoms with Crippen molar-refractivity contribution in [3.05, 3.63) is 29.3 Å². The fourth-order valence-electron chi connectivity index (χ4n) is 2.13. The van der Waals surface area contributed by atoms with E-state index in [4.69, 9.17) is 4.74 Å². The summed E-state index contributed by atoms with van der Waals surface area (Å²) in [7, 11) is 1.75. The predicted octanol–water partition coefficient (Wildman–Crippen LogP) is 3.43. The molecule has 1 aromatic rings. The van der Waals surface area contributed by atoms with Crippen LogP contribution in [0.25, 0.3) is 0 Å². The molecule has 1 unspecified atom stereocenters. The molecule has 1 aromatic carbocycles. The lowest BCUT2D eigenvalue weighted by Crippen LogP contribution is -2.26. The molecule has 0 spiro atoms. The maximum atomic E-state index is 5.42. The summed E-state index contributed by atoms with van der Waals surface area (Å²) in [6.07, 6.45) is 1.07. The van der Waals surface area contributed by atoms with E-state index < -0.39 is 0 Å². The van der Waals surface area contributed by atoms with Gasteiger partial charge in [-0.3, -0.25) is 0 Å². The zero-order valence-electron chi connectivity index (χ0n) is 12.4. The zero-order valence-corrected chi connectivity index (χ0v) is 12.4. The number of hydrogen-bond donors (Lipinski definition) is 1. The van der Waals surface area contributed by atoms with Gasteiger partial charge in [-0.05, 0) is 49.9 Å². The van der Waals surface area contributed by atoms with Gasteiger partial charge in [0.2, 0.25) is 0 Å². The van der Waals surface area contributed by atoms with Crippen LogP contribution in [0.3, 0.4) is 0 Å². The molecule has 0 aromatic heterocycles. The van der Waals surface area contributed by atoms with Crippen LogP contribution in [0, 0.1) is 18.8 Å². The topological polar surface area (TPSA) is 21.3 Å². The van der Waals surface area contributed by atoms with Crippen LogP contribution in [0.4, 0.5) is 0 Å². The normalized spacial score (nSPS) is 12.8. The minimum absolute atomic E-state index is 0.624. The molecule has 0 radical (unpaired) electrons. The molecule has 1 N–H and O–H groups in total. The van der Waals surface area contributed by atoms with Crippen LogP contribution in [0.5, 0.6) is 5.75 Å². The molecule has 18 heavy (non-hydrogen) atoms. The van der Waals surface area contributed by atoms with Crippen LogP contribution in [-0.2, 0) is 6.42 Å². The van der Waals surface area contributed by atoms with Crippen molar-refractivity contribution in [2.75, 3.05) is 20.2 Å². The molecule has 0 fully saturated rings. The molecule has 0 aliphatic carbocycles. The molecule has 102 valence electrons. The maximum absolute atomic E-state index is 5.42. The summed E-state index contributed by atoms with van der Waals surface area (Å²) in [6.45, 7) is 11.0. The van der Waals surface area contributed by atoms with E-state index in [1.54, 1.807) is 7.11 Å². The van der Waals surface area contributed by atoms with Crippen LogP contribution < -0.4 is 10.1 Å². The molecule has 0 heterocycles. The van der Waals surface area contributed by atoms with Gasteiger partial charge in [0.1, 0.15) is 5.75 Å². The number of methoxy groups -OCH3 is 1. The second-order valence-corrected chi connectivity index (χ2v) is 5.68. The van der Waals surface area contributed by atoms with Crippen LogP contribution >= 0.6 is 0 Å². The second-order valence-electron chi connectivity index (χ2n) is 5.68. The van der Waals surface area contributed by atoms with E-state index in [1.807, 2.05) is 0 Å². The van der Waals surface area contributed by atoms with Crippen molar-refractivity contribution in [1.82, 2.24) is 5.32 Å². The molecule has 0 bridgehead atoms. The largest absolute Gasteiger partial charge is 0.496 e. The van der Waals surface area contributed by atoms with Crippen LogP contribution in [0.2, 0.25) is 0 Å². The molecule has 0 amide bonds. The van der Waals surface area contributed by atoms with Gasteiger partial charge in [0.15, 0.2) is 0 Å². The van der Waals surface area contributed by atoms with E-state index in [1.165, 1.54) is 11.1 Å². The molecule has 0 aliphatic rings. The second kappa shape index (κ2) is 7.42. The van der Waals surface area contributed by atoms with Gasteiger partial charge >= 0.3 is 0 Å². The van der Waals surface area contributed by atoms with Crippen molar-refractivity contribution < 1.29 is 4.74 Å². The third-order valence-electron chi connectivity index (χ3n) is 3.05. The van der Waals surface area contributed by atoms with E-state index in [0.29, 0.717) is 11.8 Å². The Labute approximate surface area is 112 Å². The zero-order chi connectivity index (χ0) is 13.5. The molecule has 0 saturated heterocycles. The Morgan fingerprint density at radius 1 is 1.17 bits per heavy atom. The van der Waals surface area contributed by atoms with Gasteiger partial charge in [-0.1, -0.05) is 38.5 Å². The average Bonchev–Trinajstić information content (AvgIpc) is 2.28. The Hall–Kier alpha value is -1.02. The number of ether oxygens (including phenoxy) is 1. The summed E-state index contributed by atoms with van der Waals surface area (Å²) in [5.41, 5.74) is 2.62. The molecule has 1 rings (SSSR count). The molecule has 2 nitrogen and oxygen atoms in total. The standard InChI is InChI=1S/C16H27NO/c1-12(2)10-17-11-14(4)9-15-8-13(3)6-7-16(15)18-5/h6-8,12,14,17H,9-11H2,1-5H3. The van der Waals surface area contributed by atoms with Crippen LogP contribution in [0.1, 0.15) is 31.9 Å². The van der Waals surface area contributed by atoms with Gasteiger partial charge in [0.25, 0.3) is 0 Å². The quantitative estimate of drug-likeness (QED) is 0.799. The SMILES string of the molecule is COc1ccc(C)cc1CC(C)CNCC(C)C. The lowest BCUT2D eigenvalue weighted by atomic mass is 9.98. The number of rotatable bonds is 7. The number of hydrogen-bond acceptors (Lipinski definition) is 2. The first-order valence-electron chi connectivity index (χ1n) is 6.87. The third kappa shape index (κ3) is 5.09. The monoisotopic (exact) mass is 249 g/mol. The lowest BCUT2D eigenvalue weighted by molar-refractivity contribution is 0.402. The minimum Gasteiger partial charge on any atom is -0.496 e. The maximum Gasteiger partial charge on any atom is 0.122 e. The van der Waals surface area contributed by atoms with Crippen molar-refractivity contribution in [2.45, 2.75) is 34.1 Å². The molecular weight excluding hydrogens is 222 g/mol. The lowest BCUT2D eigenvalue weighted by Gasteiger charge is -2.16. The highest BCUT2D eigenvalue weighted by atomic mass is 16.5. The Bertz CT molecular complexity index is 360. The highest BCUT2D eigenvalue weighted by molar-refractivity contribution is 5.37. The van der Waals surface area contributed by atoms with E-state index in [-0.39, 0.29) is 0 Å². The first-order valence-corrected chi connectivity index (χ1v) is 6.87. The highest BCUT2D eigenvalue weighted by Gasteiger charge is 2.08. The average molecular weight is 249 g/mol. The van der Waals surface area contributed by atoms with Crippen LogP contribution in [-0.4, -0.2) is 20.2 Å². The molecular formula is C16H27NO.